The molecular weight excluding hydrogens is 262 g/mol. The molecular formula is C18H21NO2. The van der Waals surface area contributed by atoms with Crippen molar-refractivity contribution in [2.75, 3.05) is 13.6 Å². The fourth-order valence-electron chi connectivity index (χ4n) is 2.61. The minimum absolute atomic E-state index is 0.0647. The van der Waals surface area contributed by atoms with Crippen LogP contribution in [-0.4, -0.2) is 30.8 Å². The van der Waals surface area contributed by atoms with E-state index in [0.717, 1.165) is 30.9 Å². The predicted molar refractivity (Wildman–Crippen MR) is 83.6 cm³/mol. The van der Waals surface area contributed by atoms with E-state index < -0.39 is 0 Å². The third kappa shape index (κ3) is 3.76. The Labute approximate surface area is 126 Å². The van der Waals surface area contributed by atoms with Crippen molar-refractivity contribution in [1.29, 1.82) is 0 Å². The van der Waals surface area contributed by atoms with Crippen LogP contribution in [0.25, 0.3) is 0 Å². The second-order valence-corrected chi connectivity index (χ2v) is 5.44. The summed E-state index contributed by atoms with van der Waals surface area (Å²) in [4.78, 5) is 2.25. The number of benzene rings is 2. The van der Waals surface area contributed by atoms with Crippen molar-refractivity contribution in [3.05, 3.63) is 60.7 Å². The quantitative estimate of drug-likeness (QED) is 0.856. The Morgan fingerprint density at radius 2 is 1.43 bits per heavy atom. The van der Waals surface area contributed by atoms with Crippen LogP contribution in [0.15, 0.2) is 60.7 Å². The summed E-state index contributed by atoms with van der Waals surface area (Å²) >= 11 is 0. The number of ether oxygens (including phenoxy) is 2. The second-order valence-electron chi connectivity index (χ2n) is 5.44. The molecule has 1 saturated heterocycles. The summed E-state index contributed by atoms with van der Waals surface area (Å²) in [5, 5.41) is 0. The van der Waals surface area contributed by atoms with Crippen molar-refractivity contribution in [3.63, 3.8) is 0 Å². The summed E-state index contributed by atoms with van der Waals surface area (Å²) in [5.41, 5.74) is 0. The molecule has 0 bridgehead atoms. The summed E-state index contributed by atoms with van der Waals surface area (Å²) in [6.07, 6.45) is 2.17. The topological polar surface area (TPSA) is 21.7 Å². The number of hydrogen-bond donors (Lipinski definition) is 0. The number of rotatable bonds is 4. The molecule has 0 spiro atoms. The molecule has 1 aliphatic rings. The van der Waals surface area contributed by atoms with Crippen LogP contribution in [0.1, 0.15) is 12.8 Å². The van der Waals surface area contributed by atoms with Gasteiger partial charge in [0.1, 0.15) is 17.6 Å². The van der Waals surface area contributed by atoms with Gasteiger partial charge in [0, 0.05) is 13.0 Å². The average Bonchev–Trinajstić information content (AvgIpc) is 2.53. The van der Waals surface area contributed by atoms with Gasteiger partial charge < -0.3 is 9.47 Å². The van der Waals surface area contributed by atoms with E-state index in [0.29, 0.717) is 0 Å². The van der Waals surface area contributed by atoms with Gasteiger partial charge in [-0.25, -0.2) is 0 Å². The van der Waals surface area contributed by atoms with Gasteiger partial charge in [-0.3, -0.25) is 4.90 Å². The van der Waals surface area contributed by atoms with E-state index in [1.54, 1.807) is 0 Å². The molecule has 2 atom stereocenters. The van der Waals surface area contributed by atoms with E-state index >= 15 is 0 Å². The molecule has 0 radical (unpaired) electrons. The predicted octanol–water partition coefficient (Wildman–Crippen LogP) is 3.56. The fourth-order valence-corrected chi connectivity index (χ4v) is 2.61. The molecule has 0 N–H and O–H groups in total. The van der Waals surface area contributed by atoms with E-state index in [1.807, 2.05) is 60.7 Å². The standard InChI is InChI=1S/C18H21NO2/c1-19-13-12-17(20-15-8-4-2-5-9-15)14-18(19)21-16-10-6-3-7-11-16/h2-11,17-18H,12-14H2,1H3. The van der Waals surface area contributed by atoms with Gasteiger partial charge >= 0.3 is 0 Å². The van der Waals surface area contributed by atoms with Gasteiger partial charge in [0.2, 0.25) is 0 Å². The molecule has 3 nitrogen and oxygen atoms in total. The lowest BCUT2D eigenvalue weighted by Crippen LogP contribution is -2.46. The molecule has 2 unspecified atom stereocenters. The monoisotopic (exact) mass is 283 g/mol. The Balaban J connectivity index is 1.62. The summed E-state index contributed by atoms with van der Waals surface area (Å²) < 4.78 is 12.1. The van der Waals surface area contributed by atoms with Gasteiger partial charge in [0.15, 0.2) is 6.23 Å². The molecule has 1 fully saturated rings. The highest BCUT2D eigenvalue weighted by Gasteiger charge is 2.28. The highest BCUT2D eigenvalue weighted by Crippen LogP contribution is 2.24. The van der Waals surface area contributed by atoms with Gasteiger partial charge in [-0.2, -0.15) is 0 Å². The van der Waals surface area contributed by atoms with Crippen LogP contribution in [0.3, 0.4) is 0 Å². The van der Waals surface area contributed by atoms with Gasteiger partial charge in [0.05, 0.1) is 0 Å². The lowest BCUT2D eigenvalue weighted by atomic mass is 10.1. The van der Waals surface area contributed by atoms with Crippen molar-refractivity contribution in [3.8, 4) is 11.5 Å². The molecule has 21 heavy (non-hydrogen) atoms. The van der Waals surface area contributed by atoms with Crippen molar-refractivity contribution in [2.24, 2.45) is 0 Å². The van der Waals surface area contributed by atoms with Crippen molar-refractivity contribution >= 4 is 0 Å². The van der Waals surface area contributed by atoms with Crippen molar-refractivity contribution in [1.82, 2.24) is 4.90 Å². The van der Waals surface area contributed by atoms with Crippen molar-refractivity contribution < 1.29 is 9.47 Å². The summed E-state index contributed by atoms with van der Waals surface area (Å²) in [6.45, 7) is 0.981. The molecule has 3 rings (SSSR count). The first-order valence-corrected chi connectivity index (χ1v) is 7.45. The molecule has 1 heterocycles. The van der Waals surface area contributed by atoms with Crippen molar-refractivity contribution in [2.45, 2.75) is 25.2 Å². The van der Waals surface area contributed by atoms with Crippen LogP contribution in [0.4, 0.5) is 0 Å². The minimum atomic E-state index is 0.0647. The lowest BCUT2D eigenvalue weighted by molar-refractivity contribution is -0.0301. The highest BCUT2D eigenvalue weighted by atomic mass is 16.5. The Bertz CT molecular complexity index is 544. The smallest absolute Gasteiger partial charge is 0.155 e. The van der Waals surface area contributed by atoms with E-state index in [1.165, 1.54) is 0 Å². The van der Waals surface area contributed by atoms with Gasteiger partial charge in [-0.1, -0.05) is 36.4 Å². The van der Waals surface area contributed by atoms with Crippen LogP contribution >= 0.6 is 0 Å². The number of likely N-dealkylation sites (tertiary alicyclic amines) is 1. The number of piperidine rings is 1. The zero-order valence-corrected chi connectivity index (χ0v) is 12.3. The molecule has 110 valence electrons. The normalized spacial score (nSPS) is 22.7. The minimum Gasteiger partial charge on any atom is -0.490 e. The number of nitrogens with zero attached hydrogens (tertiary/aromatic N) is 1. The van der Waals surface area contributed by atoms with Crippen LogP contribution in [0.2, 0.25) is 0 Å². The first-order valence-electron chi connectivity index (χ1n) is 7.45. The maximum Gasteiger partial charge on any atom is 0.155 e. The summed E-state index contributed by atoms with van der Waals surface area (Å²) in [6, 6.07) is 20.0. The molecule has 0 aromatic heterocycles. The molecule has 2 aromatic rings. The second kappa shape index (κ2) is 6.64. The largest absolute Gasteiger partial charge is 0.490 e. The first kappa shape index (κ1) is 14.0. The first-order chi connectivity index (χ1) is 10.3. The third-order valence-corrected chi connectivity index (χ3v) is 3.82. The molecule has 0 saturated carbocycles. The fraction of sp³-hybridized carbons (Fsp3) is 0.333. The summed E-state index contributed by atoms with van der Waals surface area (Å²) in [5.74, 6) is 1.85. The SMILES string of the molecule is CN1CCC(Oc2ccccc2)CC1Oc1ccccc1. The number of para-hydroxylation sites is 2. The summed E-state index contributed by atoms with van der Waals surface area (Å²) in [7, 11) is 2.10. The molecule has 1 aliphatic heterocycles. The zero-order chi connectivity index (χ0) is 14.5. The molecule has 0 amide bonds. The maximum atomic E-state index is 6.08. The Morgan fingerprint density at radius 1 is 0.857 bits per heavy atom. The van der Waals surface area contributed by atoms with E-state index in [2.05, 4.69) is 11.9 Å². The van der Waals surface area contributed by atoms with Gasteiger partial charge in [0.25, 0.3) is 0 Å². The maximum absolute atomic E-state index is 6.08. The Kier molecular flexibility index (Phi) is 4.41. The van der Waals surface area contributed by atoms with Crippen LogP contribution < -0.4 is 9.47 Å². The highest BCUT2D eigenvalue weighted by molar-refractivity contribution is 5.22. The Morgan fingerprint density at radius 3 is 2.05 bits per heavy atom. The zero-order valence-electron chi connectivity index (χ0n) is 12.3. The van der Waals surface area contributed by atoms with E-state index in [9.17, 15) is 0 Å². The number of hydrogen-bond acceptors (Lipinski definition) is 3. The van der Waals surface area contributed by atoms with Gasteiger partial charge in [-0.05, 0) is 37.7 Å². The van der Waals surface area contributed by atoms with E-state index in [-0.39, 0.29) is 12.3 Å². The van der Waals surface area contributed by atoms with Gasteiger partial charge in [-0.15, -0.1) is 0 Å². The molecule has 3 heteroatoms. The molecule has 0 aliphatic carbocycles. The third-order valence-electron chi connectivity index (χ3n) is 3.82. The lowest BCUT2D eigenvalue weighted by Gasteiger charge is -2.36. The van der Waals surface area contributed by atoms with Crippen LogP contribution in [0.5, 0.6) is 11.5 Å². The van der Waals surface area contributed by atoms with Crippen LogP contribution in [-0.2, 0) is 0 Å². The average molecular weight is 283 g/mol. The van der Waals surface area contributed by atoms with E-state index in [4.69, 9.17) is 9.47 Å². The molecule has 2 aromatic carbocycles. The van der Waals surface area contributed by atoms with Crippen LogP contribution in [0, 0.1) is 0 Å². The Hall–Kier alpha value is -2.00.